The highest BCUT2D eigenvalue weighted by Crippen LogP contribution is 2.34. The molecule has 2 aromatic carbocycles. The van der Waals surface area contributed by atoms with Gasteiger partial charge in [-0.2, -0.15) is 0 Å². The number of para-hydroxylation sites is 2. The van der Waals surface area contributed by atoms with Crippen molar-refractivity contribution >= 4 is 33.3 Å². The summed E-state index contributed by atoms with van der Waals surface area (Å²) in [4.78, 5) is 20.6. The Kier molecular flexibility index (Phi) is 5.47. The molecular formula is C25H24N2O3S2. The number of ether oxygens (including phenoxy) is 2. The molecule has 0 saturated heterocycles. The highest BCUT2D eigenvalue weighted by Gasteiger charge is 2.24. The van der Waals surface area contributed by atoms with Crippen molar-refractivity contribution in [1.29, 1.82) is 0 Å². The molecule has 1 aliphatic heterocycles. The van der Waals surface area contributed by atoms with E-state index in [1.807, 2.05) is 52.0 Å². The first kappa shape index (κ1) is 21.1. The Morgan fingerprint density at radius 1 is 1.12 bits per heavy atom. The summed E-state index contributed by atoms with van der Waals surface area (Å²) in [6.45, 7) is 8.58. The number of fused-ring (bicyclic) bond motifs is 2. The first-order valence-corrected chi connectivity index (χ1v) is 12.3. The smallest absolute Gasteiger partial charge is 0.267 e. The van der Waals surface area contributed by atoms with Gasteiger partial charge >= 0.3 is 0 Å². The lowest BCUT2D eigenvalue weighted by Crippen LogP contribution is -2.31. The monoisotopic (exact) mass is 464 g/mol. The van der Waals surface area contributed by atoms with Gasteiger partial charge in [-0.25, -0.2) is 4.98 Å². The quantitative estimate of drug-likeness (QED) is 0.290. The highest BCUT2D eigenvalue weighted by molar-refractivity contribution is 7.99. The Bertz CT molecular complexity index is 1390. The predicted molar refractivity (Wildman–Crippen MR) is 131 cm³/mol. The average molecular weight is 465 g/mol. The van der Waals surface area contributed by atoms with E-state index < -0.39 is 0 Å². The Morgan fingerprint density at radius 3 is 2.72 bits per heavy atom. The standard InChI is InChI=1S/C25H24N2O3S2/c1-14-9-10-15(2)19(11-14)27-24(28)22-16(3)17(4)32-23(22)26-25(27)31-13-18-12-29-20-7-5-6-8-21(20)30-18/h5-11,18H,12-13H2,1-4H3/t18-/m1/s1. The average Bonchev–Trinajstić information content (AvgIpc) is 3.07. The molecule has 0 fully saturated rings. The van der Waals surface area contributed by atoms with Crippen LogP contribution < -0.4 is 15.0 Å². The van der Waals surface area contributed by atoms with Crippen LogP contribution in [0.4, 0.5) is 0 Å². The fraction of sp³-hybridized carbons (Fsp3) is 0.280. The van der Waals surface area contributed by atoms with Crippen LogP contribution in [-0.2, 0) is 0 Å². The Hall–Kier alpha value is -2.77. The molecule has 0 radical (unpaired) electrons. The van der Waals surface area contributed by atoms with Crippen molar-refractivity contribution in [3.63, 3.8) is 0 Å². The van der Waals surface area contributed by atoms with Gasteiger partial charge in [0.25, 0.3) is 5.56 Å². The molecular weight excluding hydrogens is 440 g/mol. The van der Waals surface area contributed by atoms with Crippen LogP contribution in [0.3, 0.4) is 0 Å². The number of nitrogens with zero attached hydrogens (tertiary/aromatic N) is 2. The van der Waals surface area contributed by atoms with E-state index in [1.54, 1.807) is 15.9 Å². The number of aryl methyl sites for hydroxylation is 4. The number of aromatic nitrogens is 2. The maximum atomic E-state index is 13.7. The Balaban J connectivity index is 1.56. The second kappa shape index (κ2) is 8.30. The highest BCUT2D eigenvalue weighted by atomic mass is 32.2. The van der Waals surface area contributed by atoms with E-state index in [2.05, 4.69) is 18.2 Å². The Labute approximate surface area is 195 Å². The van der Waals surface area contributed by atoms with Crippen molar-refractivity contribution in [3.05, 3.63) is 74.4 Å². The molecule has 0 unspecified atom stereocenters. The summed E-state index contributed by atoms with van der Waals surface area (Å²) in [5.74, 6) is 2.15. The third kappa shape index (κ3) is 3.69. The van der Waals surface area contributed by atoms with E-state index in [9.17, 15) is 4.79 Å². The lowest BCUT2D eigenvalue weighted by molar-refractivity contribution is 0.107. The number of benzene rings is 2. The topological polar surface area (TPSA) is 53.4 Å². The van der Waals surface area contributed by atoms with Crippen molar-refractivity contribution in [2.24, 2.45) is 0 Å². The SMILES string of the molecule is Cc1ccc(C)c(-n2c(SC[C@H]3COc4ccccc4O3)nc3sc(C)c(C)c3c2=O)c1. The Morgan fingerprint density at radius 2 is 1.91 bits per heavy atom. The minimum absolute atomic E-state index is 0.0146. The van der Waals surface area contributed by atoms with Gasteiger partial charge in [0.1, 0.15) is 17.5 Å². The van der Waals surface area contributed by atoms with Gasteiger partial charge in [0.15, 0.2) is 16.7 Å². The maximum Gasteiger partial charge on any atom is 0.267 e. The van der Waals surface area contributed by atoms with Crippen molar-refractivity contribution in [2.75, 3.05) is 12.4 Å². The summed E-state index contributed by atoms with van der Waals surface area (Å²) >= 11 is 3.11. The largest absolute Gasteiger partial charge is 0.486 e. The van der Waals surface area contributed by atoms with Crippen molar-refractivity contribution in [2.45, 2.75) is 39.0 Å². The molecule has 32 heavy (non-hydrogen) atoms. The van der Waals surface area contributed by atoms with Crippen LogP contribution in [0, 0.1) is 27.7 Å². The molecule has 7 heteroatoms. The van der Waals surface area contributed by atoms with Crippen LogP contribution in [0.25, 0.3) is 15.9 Å². The number of thioether (sulfide) groups is 1. The third-order valence-electron chi connectivity index (χ3n) is 5.74. The molecule has 0 saturated carbocycles. The van der Waals surface area contributed by atoms with E-state index in [0.717, 1.165) is 43.6 Å². The van der Waals surface area contributed by atoms with Crippen molar-refractivity contribution < 1.29 is 9.47 Å². The van der Waals surface area contributed by atoms with Crippen molar-refractivity contribution in [1.82, 2.24) is 9.55 Å². The molecule has 4 aromatic rings. The van der Waals surface area contributed by atoms with Crippen LogP contribution >= 0.6 is 23.1 Å². The van der Waals surface area contributed by atoms with Crippen LogP contribution in [0.15, 0.2) is 52.4 Å². The van der Waals surface area contributed by atoms with Gasteiger partial charge in [0.05, 0.1) is 11.1 Å². The summed E-state index contributed by atoms with van der Waals surface area (Å²) in [6.07, 6.45) is -0.124. The first-order chi connectivity index (χ1) is 15.4. The lowest BCUT2D eigenvalue weighted by Gasteiger charge is -2.26. The van der Waals surface area contributed by atoms with Crippen LogP contribution in [0.1, 0.15) is 21.6 Å². The maximum absolute atomic E-state index is 13.7. The van der Waals surface area contributed by atoms with E-state index in [4.69, 9.17) is 14.5 Å². The van der Waals surface area contributed by atoms with Gasteiger partial charge in [-0.05, 0) is 62.6 Å². The lowest BCUT2D eigenvalue weighted by atomic mass is 10.1. The van der Waals surface area contributed by atoms with Gasteiger partial charge in [-0.3, -0.25) is 9.36 Å². The molecule has 2 aromatic heterocycles. The molecule has 0 amide bonds. The molecule has 5 nitrogen and oxygen atoms in total. The zero-order chi connectivity index (χ0) is 22.4. The van der Waals surface area contributed by atoms with Gasteiger partial charge in [0, 0.05) is 10.6 Å². The van der Waals surface area contributed by atoms with E-state index in [1.165, 1.54) is 11.8 Å². The first-order valence-electron chi connectivity index (χ1n) is 10.5. The van der Waals surface area contributed by atoms with Gasteiger partial charge in [-0.1, -0.05) is 36.0 Å². The summed E-state index contributed by atoms with van der Waals surface area (Å²) < 4.78 is 13.8. The molecule has 5 rings (SSSR count). The minimum atomic E-state index is -0.124. The van der Waals surface area contributed by atoms with E-state index in [0.29, 0.717) is 22.9 Å². The zero-order valence-electron chi connectivity index (χ0n) is 18.5. The molecule has 0 bridgehead atoms. The predicted octanol–water partition coefficient (Wildman–Crippen LogP) is 5.61. The molecule has 0 N–H and O–H groups in total. The third-order valence-corrected chi connectivity index (χ3v) is 7.92. The van der Waals surface area contributed by atoms with Crippen LogP contribution in [0.5, 0.6) is 11.5 Å². The summed E-state index contributed by atoms with van der Waals surface area (Å²) in [5.41, 5.74) is 4.02. The zero-order valence-corrected chi connectivity index (χ0v) is 20.1. The number of hydrogen-bond acceptors (Lipinski definition) is 6. The summed E-state index contributed by atoms with van der Waals surface area (Å²) in [7, 11) is 0. The summed E-state index contributed by atoms with van der Waals surface area (Å²) in [6, 6.07) is 13.9. The van der Waals surface area contributed by atoms with Crippen molar-refractivity contribution in [3.8, 4) is 17.2 Å². The normalized spacial score (nSPS) is 15.3. The van der Waals surface area contributed by atoms with Crippen LogP contribution in [-0.4, -0.2) is 28.0 Å². The molecule has 3 heterocycles. The number of thiophene rings is 1. The molecule has 0 aliphatic carbocycles. The van der Waals surface area contributed by atoms with Gasteiger partial charge in [-0.15, -0.1) is 11.3 Å². The molecule has 164 valence electrons. The van der Waals surface area contributed by atoms with Crippen LogP contribution in [0.2, 0.25) is 0 Å². The fourth-order valence-electron chi connectivity index (χ4n) is 3.86. The van der Waals surface area contributed by atoms with E-state index >= 15 is 0 Å². The minimum Gasteiger partial charge on any atom is -0.486 e. The van der Waals surface area contributed by atoms with Gasteiger partial charge in [0.2, 0.25) is 0 Å². The molecule has 1 aliphatic rings. The second-order valence-corrected chi connectivity index (χ2v) is 10.3. The number of rotatable bonds is 4. The summed E-state index contributed by atoms with van der Waals surface area (Å²) in [5, 5.41) is 1.39. The second-order valence-electron chi connectivity index (χ2n) is 8.10. The molecule has 1 atom stereocenters. The van der Waals surface area contributed by atoms with Gasteiger partial charge < -0.3 is 9.47 Å². The molecule has 0 spiro atoms. The number of hydrogen-bond donors (Lipinski definition) is 0. The fourth-order valence-corrected chi connectivity index (χ4v) is 5.90. The van der Waals surface area contributed by atoms with E-state index in [-0.39, 0.29) is 11.7 Å².